The maximum absolute atomic E-state index is 2.40. The third-order valence-corrected chi connectivity index (χ3v) is 2.46. The minimum absolute atomic E-state index is 1.19. The van der Waals surface area contributed by atoms with Crippen LogP contribution in [0.15, 0.2) is 23.3 Å². The summed E-state index contributed by atoms with van der Waals surface area (Å²) in [6.07, 6.45) is 12.6. The summed E-state index contributed by atoms with van der Waals surface area (Å²) < 4.78 is 0. The van der Waals surface area contributed by atoms with Crippen molar-refractivity contribution < 1.29 is 0 Å². The van der Waals surface area contributed by atoms with E-state index < -0.39 is 0 Å². The van der Waals surface area contributed by atoms with Crippen LogP contribution in [-0.2, 0) is 0 Å². The maximum Gasteiger partial charge on any atom is -0.0279 e. The van der Waals surface area contributed by atoms with Crippen molar-refractivity contribution in [1.82, 2.24) is 0 Å². The van der Waals surface area contributed by atoms with E-state index >= 15 is 0 Å². The van der Waals surface area contributed by atoms with E-state index in [4.69, 9.17) is 0 Å². The van der Waals surface area contributed by atoms with E-state index in [1.165, 1.54) is 38.5 Å². The highest BCUT2D eigenvalue weighted by Crippen LogP contribution is 2.29. The van der Waals surface area contributed by atoms with Crippen LogP contribution >= 0.6 is 0 Å². The lowest BCUT2D eigenvalue weighted by atomic mass is 9.88. The van der Waals surface area contributed by atoms with Crippen LogP contribution < -0.4 is 0 Å². The van der Waals surface area contributed by atoms with Crippen LogP contribution in [-0.4, -0.2) is 0 Å². The van der Waals surface area contributed by atoms with Gasteiger partial charge < -0.3 is 0 Å². The molecule has 0 aromatic carbocycles. The van der Waals surface area contributed by atoms with Crippen molar-refractivity contribution in [3.05, 3.63) is 23.3 Å². The molecule has 0 heteroatoms. The monoisotopic (exact) mass is 164 g/mol. The van der Waals surface area contributed by atoms with E-state index in [0.717, 1.165) is 0 Å². The Hall–Kier alpha value is -0.520. The van der Waals surface area contributed by atoms with Crippen molar-refractivity contribution in [3.63, 3.8) is 0 Å². The van der Waals surface area contributed by atoms with Gasteiger partial charge in [0.2, 0.25) is 0 Å². The van der Waals surface area contributed by atoms with E-state index in [9.17, 15) is 0 Å². The molecule has 0 aromatic heterocycles. The standard InChI is InChI=1S/C12H20/c1-3-7-11-9-5-6-10-12(11)8-4-2/h7-8H,3-6,9-10H2,1-2H3/b11-7-,12-8-. The quantitative estimate of drug-likeness (QED) is 0.573. The van der Waals surface area contributed by atoms with Crippen LogP contribution in [0.5, 0.6) is 0 Å². The van der Waals surface area contributed by atoms with Crippen LogP contribution in [0.4, 0.5) is 0 Å². The molecular weight excluding hydrogens is 144 g/mol. The van der Waals surface area contributed by atoms with Crippen molar-refractivity contribution in [2.75, 3.05) is 0 Å². The minimum Gasteiger partial charge on any atom is -0.0813 e. The first-order valence-electron chi connectivity index (χ1n) is 5.27. The van der Waals surface area contributed by atoms with E-state index in [2.05, 4.69) is 26.0 Å². The normalized spacial score (nSPS) is 25.2. The molecule has 1 aliphatic rings. The van der Waals surface area contributed by atoms with Crippen LogP contribution in [0.25, 0.3) is 0 Å². The molecule has 0 bridgehead atoms. The van der Waals surface area contributed by atoms with E-state index in [0.29, 0.717) is 0 Å². The van der Waals surface area contributed by atoms with Gasteiger partial charge >= 0.3 is 0 Å². The van der Waals surface area contributed by atoms with Gasteiger partial charge in [0.15, 0.2) is 0 Å². The molecule has 0 aromatic rings. The Bertz CT molecular complexity index is 162. The average Bonchev–Trinajstić information content (AvgIpc) is 2.09. The second-order valence-electron chi connectivity index (χ2n) is 3.48. The van der Waals surface area contributed by atoms with Crippen LogP contribution in [0.2, 0.25) is 0 Å². The van der Waals surface area contributed by atoms with Gasteiger partial charge in [-0.1, -0.05) is 26.0 Å². The average molecular weight is 164 g/mol. The molecule has 0 atom stereocenters. The van der Waals surface area contributed by atoms with Crippen molar-refractivity contribution in [2.24, 2.45) is 0 Å². The third kappa shape index (κ3) is 2.51. The SMILES string of the molecule is CC/C=C1/CCCC/C1=C/CC. The zero-order valence-electron chi connectivity index (χ0n) is 8.40. The second-order valence-corrected chi connectivity index (χ2v) is 3.48. The molecule has 0 N–H and O–H groups in total. The predicted molar refractivity (Wildman–Crippen MR) is 55.2 cm³/mol. The number of rotatable bonds is 2. The highest BCUT2D eigenvalue weighted by atomic mass is 14.1. The van der Waals surface area contributed by atoms with E-state index in [1.54, 1.807) is 11.1 Å². The Labute approximate surface area is 76.4 Å². The molecule has 68 valence electrons. The van der Waals surface area contributed by atoms with Gasteiger partial charge in [-0.3, -0.25) is 0 Å². The van der Waals surface area contributed by atoms with Crippen LogP contribution in [0, 0.1) is 0 Å². The molecule has 12 heavy (non-hydrogen) atoms. The van der Waals surface area contributed by atoms with Gasteiger partial charge in [-0.2, -0.15) is 0 Å². The Kier molecular flexibility index (Phi) is 4.13. The first-order chi connectivity index (χ1) is 5.88. The highest BCUT2D eigenvalue weighted by Gasteiger charge is 2.09. The van der Waals surface area contributed by atoms with Gasteiger partial charge in [-0.15, -0.1) is 0 Å². The zero-order chi connectivity index (χ0) is 8.81. The summed E-state index contributed by atoms with van der Waals surface area (Å²) in [5.41, 5.74) is 3.26. The highest BCUT2D eigenvalue weighted by molar-refractivity contribution is 5.32. The van der Waals surface area contributed by atoms with Crippen molar-refractivity contribution in [3.8, 4) is 0 Å². The maximum atomic E-state index is 2.40. The van der Waals surface area contributed by atoms with Gasteiger partial charge in [0, 0.05) is 0 Å². The fourth-order valence-electron chi connectivity index (χ4n) is 1.91. The summed E-state index contributed by atoms with van der Waals surface area (Å²) in [6, 6.07) is 0. The van der Waals surface area contributed by atoms with Gasteiger partial charge in [0.25, 0.3) is 0 Å². The number of hydrogen-bond donors (Lipinski definition) is 0. The Morgan fingerprint density at radius 2 is 1.33 bits per heavy atom. The lowest BCUT2D eigenvalue weighted by molar-refractivity contribution is 0.674. The molecule has 0 nitrogen and oxygen atoms in total. The number of hydrogen-bond acceptors (Lipinski definition) is 0. The van der Waals surface area contributed by atoms with Crippen molar-refractivity contribution in [2.45, 2.75) is 52.4 Å². The summed E-state index contributed by atoms with van der Waals surface area (Å²) in [7, 11) is 0. The Balaban J connectivity index is 2.67. The molecule has 1 fully saturated rings. The zero-order valence-corrected chi connectivity index (χ0v) is 8.40. The molecule has 0 spiro atoms. The molecule has 0 aliphatic heterocycles. The van der Waals surface area contributed by atoms with Gasteiger partial charge in [-0.25, -0.2) is 0 Å². The smallest absolute Gasteiger partial charge is 0.0279 e. The first kappa shape index (κ1) is 9.57. The first-order valence-corrected chi connectivity index (χ1v) is 5.27. The molecule has 1 saturated carbocycles. The van der Waals surface area contributed by atoms with Gasteiger partial charge in [0.05, 0.1) is 0 Å². The van der Waals surface area contributed by atoms with Gasteiger partial charge in [0.1, 0.15) is 0 Å². The second kappa shape index (κ2) is 5.18. The lowest BCUT2D eigenvalue weighted by Gasteiger charge is -2.18. The summed E-state index contributed by atoms with van der Waals surface area (Å²) in [5.74, 6) is 0. The summed E-state index contributed by atoms with van der Waals surface area (Å²) in [5, 5.41) is 0. The Morgan fingerprint density at radius 3 is 1.67 bits per heavy atom. The topological polar surface area (TPSA) is 0 Å². The van der Waals surface area contributed by atoms with Crippen LogP contribution in [0.3, 0.4) is 0 Å². The van der Waals surface area contributed by atoms with Gasteiger partial charge in [-0.05, 0) is 49.7 Å². The summed E-state index contributed by atoms with van der Waals surface area (Å²) >= 11 is 0. The van der Waals surface area contributed by atoms with Crippen molar-refractivity contribution >= 4 is 0 Å². The summed E-state index contributed by atoms with van der Waals surface area (Å²) in [4.78, 5) is 0. The molecule has 0 radical (unpaired) electrons. The molecule has 0 unspecified atom stereocenters. The van der Waals surface area contributed by atoms with E-state index in [1.807, 2.05) is 0 Å². The van der Waals surface area contributed by atoms with Crippen LogP contribution in [0.1, 0.15) is 52.4 Å². The fourth-order valence-corrected chi connectivity index (χ4v) is 1.91. The fraction of sp³-hybridized carbons (Fsp3) is 0.667. The molecule has 1 rings (SSSR count). The molecule has 0 saturated heterocycles. The largest absolute Gasteiger partial charge is 0.0813 e. The minimum atomic E-state index is 1.19. The molecule has 0 amide bonds. The third-order valence-electron chi connectivity index (χ3n) is 2.46. The number of allylic oxidation sites excluding steroid dienone is 4. The predicted octanol–water partition coefficient (Wildman–Crippen LogP) is 4.23. The molecule has 1 aliphatic carbocycles. The summed E-state index contributed by atoms with van der Waals surface area (Å²) in [6.45, 7) is 4.45. The van der Waals surface area contributed by atoms with Crippen molar-refractivity contribution in [1.29, 1.82) is 0 Å². The molecule has 0 heterocycles. The lowest BCUT2D eigenvalue weighted by Crippen LogP contribution is -1.98. The Morgan fingerprint density at radius 1 is 0.917 bits per heavy atom. The van der Waals surface area contributed by atoms with E-state index in [-0.39, 0.29) is 0 Å². The molecular formula is C12H20.